The quantitative estimate of drug-likeness (QED) is 0.446. The van der Waals surface area contributed by atoms with Crippen LogP contribution in [0, 0.1) is 5.92 Å². The molecule has 0 aliphatic heterocycles. The van der Waals surface area contributed by atoms with Crippen molar-refractivity contribution in [1.29, 1.82) is 0 Å². The van der Waals surface area contributed by atoms with Gasteiger partial charge >= 0.3 is 0 Å². The lowest BCUT2D eigenvalue weighted by atomic mass is 9.76. The van der Waals surface area contributed by atoms with E-state index < -0.39 is 16.7 Å². The van der Waals surface area contributed by atoms with E-state index in [9.17, 15) is 13.8 Å². The number of imidazole rings is 1. The molecule has 0 spiro atoms. The Morgan fingerprint density at radius 3 is 2.60 bits per heavy atom. The van der Waals surface area contributed by atoms with Gasteiger partial charge in [0.1, 0.15) is 5.82 Å². The number of nitrogens with one attached hydrogen (secondary N) is 1. The normalized spacial score (nSPS) is 18.3. The fraction of sp³-hybridized carbons (Fsp3) is 0.269. The largest absolute Gasteiger partial charge is 0.310 e. The number of benzene rings is 1. The molecule has 3 unspecified atom stereocenters. The predicted octanol–water partition coefficient (Wildman–Crippen LogP) is 3.59. The number of amides is 1. The molecule has 1 aromatic carbocycles. The molecule has 0 bridgehead atoms. The zero-order valence-corrected chi connectivity index (χ0v) is 20.3. The summed E-state index contributed by atoms with van der Waals surface area (Å²) in [5.74, 6) is 0.324. The molecule has 3 heterocycles. The molecular formula is C26H25N5O3S. The predicted molar refractivity (Wildman–Crippen MR) is 133 cm³/mol. The van der Waals surface area contributed by atoms with Gasteiger partial charge < -0.3 is 9.72 Å². The van der Waals surface area contributed by atoms with Crippen molar-refractivity contribution < 1.29 is 13.8 Å². The molecule has 3 aromatic heterocycles. The van der Waals surface area contributed by atoms with Crippen LogP contribution in [0.4, 0.5) is 5.82 Å². The van der Waals surface area contributed by atoms with Gasteiger partial charge in [-0.25, -0.2) is 9.97 Å². The third-order valence-electron chi connectivity index (χ3n) is 6.32. The first-order valence-electron chi connectivity index (χ1n) is 11.5. The van der Waals surface area contributed by atoms with E-state index in [2.05, 4.69) is 20.3 Å². The molecule has 178 valence electrons. The Balaban J connectivity index is 1.32. The fourth-order valence-electron chi connectivity index (χ4n) is 4.59. The van der Waals surface area contributed by atoms with Crippen molar-refractivity contribution in [2.45, 2.75) is 37.5 Å². The number of fused-ring (bicyclic) bond motifs is 2. The Morgan fingerprint density at radius 1 is 1.11 bits per heavy atom. The molecule has 3 atom stereocenters. The number of anilines is 1. The van der Waals surface area contributed by atoms with Gasteiger partial charge in [0.2, 0.25) is 5.91 Å². The van der Waals surface area contributed by atoms with Crippen LogP contribution >= 0.6 is 0 Å². The highest BCUT2D eigenvalue weighted by atomic mass is 32.2. The topological polar surface area (TPSA) is 106 Å². The smallest absolute Gasteiger partial charge is 0.229 e. The average molecular weight is 488 g/mol. The maximum atomic E-state index is 13.4. The molecular weight excluding hydrogens is 462 g/mol. The molecule has 4 aromatic rings. The summed E-state index contributed by atoms with van der Waals surface area (Å²) in [6.07, 6.45) is 7.80. The van der Waals surface area contributed by atoms with E-state index in [1.165, 1.54) is 0 Å². The third kappa shape index (κ3) is 4.51. The number of carbonyl (C=O) groups excluding carboxylic acids is 2. The first-order valence-corrected chi connectivity index (χ1v) is 12.9. The minimum absolute atomic E-state index is 0.0176. The minimum Gasteiger partial charge on any atom is -0.310 e. The fourth-order valence-corrected chi connectivity index (χ4v) is 5.36. The average Bonchev–Trinajstić information content (AvgIpc) is 3.33. The van der Waals surface area contributed by atoms with Crippen molar-refractivity contribution >= 4 is 34.0 Å². The number of rotatable bonds is 6. The second-order valence-electron chi connectivity index (χ2n) is 8.69. The minimum atomic E-state index is -1.02. The SMILES string of the molecule is CCS(=O)c1ccc(CC(=O)Nc2ccc3c(n2)CC(C)C(c2nccn4ccnc24)C3=O)cc1. The van der Waals surface area contributed by atoms with Gasteiger partial charge in [-0.2, -0.15) is 0 Å². The Kier molecular flexibility index (Phi) is 6.25. The van der Waals surface area contributed by atoms with Crippen molar-refractivity contribution in [3.63, 3.8) is 0 Å². The van der Waals surface area contributed by atoms with Gasteiger partial charge in [0, 0.05) is 41.0 Å². The number of pyridine rings is 1. The van der Waals surface area contributed by atoms with E-state index in [0.29, 0.717) is 40.6 Å². The monoisotopic (exact) mass is 487 g/mol. The van der Waals surface area contributed by atoms with Crippen molar-refractivity contribution in [3.05, 3.63) is 83.7 Å². The van der Waals surface area contributed by atoms with E-state index in [-0.39, 0.29) is 24.0 Å². The Labute approximate surface area is 205 Å². The Bertz CT molecular complexity index is 1450. The summed E-state index contributed by atoms with van der Waals surface area (Å²) in [7, 11) is -1.02. The molecule has 0 radical (unpaired) electrons. The van der Waals surface area contributed by atoms with Gasteiger partial charge in [-0.1, -0.05) is 26.0 Å². The van der Waals surface area contributed by atoms with Crippen molar-refractivity contribution in [2.75, 3.05) is 11.1 Å². The van der Waals surface area contributed by atoms with E-state index in [4.69, 9.17) is 0 Å². The van der Waals surface area contributed by atoms with E-state index in [1.807, 2.05) is 42.8 Å². The van der Waals surface area contributed by atoms with Crippen LogP contribution in [0.3, 0.4) is 0 Å². The zero-order valence-electron chi connectivity index (χ0n) is 19.5. The Hall–Kier alpha value is -3.72. The van der Waals surface area contributed by atoms with E-state index >= 15 is 0 Å². The number of Topliss-reactive ketones (excluding diaryl/α,β-unsaturated/α-hetero) is 1. The zero-order chi connectivity index (χ0) is 24.5. The van der Waals surface area contributed by atoms with Crippen LogP contribution in [0.15, 0.2) is 66.1 Å². The van der Waals surface area contributed by atoms with Crippen LogP contribution in [0.5, 0.6) is 0 Å². The van der Waals surface area contributed by atoms with Gasteiger partial charge in [-0.15, -0.1) is 0 Å². The van der Waals surface area contributed by atoms with Crippen molar-refractivity contribution in [1.82, 2.24) is 19.4 Å². The number of hydrogen-bond acceptors (Lipinski definition) is 6. The van der Waals surface area contributed by atoms with Gasteiger partial charge in [0.25, 0.3) is 0 Å². The van der Waals surface area contributed by atoms with Crippen LogP contribution < -0.4 is 5.32 Å². The summed E-state index contributed by atoms with van der Waals surface area (Å²) < 4.78 is 13.8. The molecule has 1 aliphatic rings. The summed E-state index contributed by atoms with van der Waals surface area (Å²) in [6, 6.07) is 10.6. The number of ketones is 1. The van der Waals surface area contributed by atoms with Crippen LogP contribution in [0.25, 0.3) is 5.65 Å². The maximum absolute atomic E-state index is 13.4. The van der Waals surface area contributed by atoms with Crippen LogP contribution in [-0.2, 0) is 28.4 Å². The van der Waals surface area contributed by atoms with E-state index in [0.717, 1.165) is 10.5 Å². The van der Waals surface area contributed by atoms with Crippen LogP contribution in [0.2, 0.25) is 0 Å². The molecule has 9 heteroatoms. The molecule has 1 aliphatic carbocycles. The second kappa shape index (κ2) is 9.50. The highest BCUT2D eigenvalue weighted by Crippen LogP contribution is 2.37. The van der Waals surface area contributed by atoms with Gasteiger partial charge in [0.15, 0.2) is 11.4 Å². The third-order valence-corrected chi connectivity index (χ3v) is 7.64. The lowest BCUT2D eigenvalue weighted by Crippen LogP contribution is -2.30. The number of hydrogen-bond donors (Lipinski definition) is 1. The maximum Gasteiger partial charge on any atom is 0.229 e. The molecule has 0 saturated carbocycles. The van der Waals surface area contributed by atoms with E-state index in [1.54, 1.807) is 36.7 Å². The highest BCUT2D eigenvalue weighted by molar-refractivity contribution is 7.85. The molecule has 35 heavy (non-hydrogen) atoms. The lowest BCUT2D eigenvalue weighted by molar-refractivity contribution is -0.115. The van der Waals surface area contributed by atoms with Crippen molar-refractivity contribution in [3.8, 4) is 0 Å². The molecule has 1 N–H and O–H groups in total. The summed E-state index contributed by atoms with van der Waals surface area (Å²) in [5.41, 5.74) is 3.42. The summed E-state index contributed by atoms with van der Waals surface area (Å²) in [6.45, 7) is 3.89. The molecule has 8 nitrogen and oxygen atoms in total. The molecule has 0 saturated heterocycles. The summed E-state index contributed by atoms with van der Waals surface area (Å²) in [5, 5.41) is 2.84. The van der Waals surface area contributed by atoms with Crippen molar-refractivity contribution in [2.24, 2.45) is 5.92 Å². The molecule has 0 fully saturated rings. The first-order chi connectivity index (χ1) is 16.9. The van der Waals surface area contributed by atoms with Gasteiger partial charge in [-0.3, -0.25) is 18.8 Å². The van der Waals surface area contributed by atoms with Crippen LogP contribution in [0.1, 0.15) is 47.1 Å². The first kappa shape index (κ1) is 23.0. The molecule has 5 rings (SSSR count). The number of carbonyl (C=O) groups is 2. The van der Waals surface area contributed by atoms with Gasteiger partial charge in [0.05, 0.1) is 34.5 Å². The molecule has 1 amide bonds. The number of aromatic nitrogens is 4. The van der Waals surface area contributed by atoms with Crippen LogP contribution in [-0.4, -0.2) is 41.0 Å². The standard InChI is InChI=1S/C26H25N5O3S/c1-3-35(34)18-6-4-17(5-7-18)15-22(32)30-21-9-8-19-20(29-21)14-16(2)23(25(19)33)24-26-28-11-13-31(26)12-10-27-24/h4-13,16,23H,3,14-15H2,1-2H3,(H,29,30,32). The highest BCUT2D eigenvalue weighted by Gasteiger charge is 2.37. The Morgan fingerprint density at radius 2 is 1.86 bits per heavy atom. The summed E-state index contributed by atoms with van der Waals surface area (Å²) >= 11 is 0. The second-order valence-corrected chi connectivity index (χ2v) is 10.4. The lowest BCUT2D eigenvalue weighted by Gasteiger charge is -2.28. The summed E-state index contributed by atoms with van der Waals surface area (Å²) in [4.78, 5) is 40.3. The van der Waals surface area contributed by atoms with Gasteiger partial charge in [-0.05, 0) is 42.2 Å². The number of nitrogens with zero attached hydrogens (tertiary/aromatic N) is 4.